The maximum Gasteiger partial charge on any atom is 0.416 e. The number of nitrogens with zero attached hydrogens (tertiary/aromatic N) is 3. The highest BCUT2D eigenvalue weighted by atomic mass is 19.4. The van der Waals surface area contributed by atoms with Gasteiger partial charge in [-0.1, -0.05) is 76.1 Å². The fourth-order valence-electron chi connectivity index (χ4n) is 3.62. The third-order valence-electron chi connectivity index (χ3n) is 5.46. The van der Waals surface area contributed by atoms with Crippen LogP contribution in [0.25, 0.3) is 11.1 Å². The summed E-state index contributed by atoms with van der Waals surface area (Å²) in [4.78, 5) is 27.5. The van der Waals surface area contributed by atoms with Gasteiger partial charge in [-0.05, 0) is 30.2 Å². The van der Waals surface area contributed by atoms with Crippen molar-refractivity contribution in [3.63, 3.8) is 0 Å². The lowest BCUT2D eigenvalue weighted by Crippen LogP contribution is -2.19. The molecule has 204 valence electrons. The fourth-order valence-corrected chi connectivity index (χ4v) is 3.62. The SMILES string of the molecule is CON=C(C(C)=NOCc1ccccc1C(=NOC)C(=O)OC)c1ccc(-c2cccc(C(F)(F)F)c2)cc1. The molecule has 0 aliphatic heterocycles. The number of methoxy groups -OCH3 is 1. The number of oxime groups is 3. The number of esters is 1. The van der Waals surface area contributed by atoms with Crippen molar-refractivity contribution in [2.75, 3.05) is 21.3 Å². The zero-order valence-corrected chi connectivity index (χ0v) is 21.7. The van der Waals surface area contributed by atoms with E-state index in [9.17, 15) is 18.0 Å². The first-order valence-electron chi connectivity index (χ1n) is 11.5. The van der Waals surface area contributed by atoms with E-state index in [4.69, 9.17) is 19.2 Å². The van der Waals surface area contributed by atoms with Crippen molar-refractivity contribution < 1.29 is 37.2 Å². The Balaban J connectivity index is 1.81. The van der Waals surface area contributed by atoms with Crippen molar-refractivity contribution in [2.24, 2.45) is 15.5 Å². The van der Waals surface area contributed by atoms with Gasteiger partial charge in [-0.25, -0.2) is 4.79 Å². The molecular weight excluding hydrogens is 515 g/mol. The predicted molar refractivity (Wildman–Crippen MR) is 140 cm³/mol. The largest absolute Gasteiger partial charge is 0.464 e. The van der Waals surface area contributed by atoms with Gasteiger partial charge in [0.25, 0.3) is 0 Å². The second-order valence-corrected chi connectivity index (χ2v) is 8.00. The third kappa shape index (κ3) is 7.44. The van der Waals surface area contributed by atoms with Crippen LogP contribution in [0.5, 0.6) is 0 Å². The van der Waals surface area contributed by atoms with Crippen LogP contribution in [0, 0.1) is 0 Å². The highest BCUT2D eigenvalue weighted by molar-refractivity contribution is 6.47. The van der Waals surface area contributed by atoms with Crippen LogP contribution in [0.3, 0.4) is 0 Å². The average Bonchev–Trinajstić information content (AvgIpc) is 2.94. The van der Waals surface area contributed by atoms with Crippen molar-refractivity contribution in [3.05, 3.63) is 95.1 Å². The van der Waals surface area contributed by atoms with Gasteiger partial charge in [0.15, 0.2) is 5.71 Å². The summed E-state index contributed by atoms with van der Waals surface area (Å²) in [7, 11) is 3.94. The van der Waals surface area contributed by atoms with Gasteiger partial charge in [-0.3, -0.25) is 0 Å². The maximum atomic E-state index is 13.1. The molecule has 0 unspecified atom stereocenters. The molecule has 8 nitrogen and oxygen atoms in total. The molecule has 0 amide bonds. The number of rotatable bonds is 10. The Morgan fingerprint density at radius 2 is 1.46 bits per heavy atom. The lowest BCUT2D eigenvalue weighted by molar-refractivity contribution is -0.137. The number of carbonyl (C=O) groups excluding carboxylic acids is 1. The molecule has 3 aromatic carbocycles. The Labute approximate surface area is 223 Å². The summed E-state index contributed by atoms with van der Waals surface area (Å²) in [6, 6.07) is 18.8. The molecule has 39 heavy (non-hydrogen) atoms. The molecule has 0 saturated carbocycles. The van der Waals surface area contributed by atoms with E-state index in [1.165, 1.54) is 27.4 Å². The van der Waals surface area contributed by atoms with Gasteiger partial charge in [0.05, 0.1) is 12.7 Å². The van der Waals surface area contributed by atoms with Gasteiger partial charge >= 0.3 is 12.1 Å². The molecule has 0 fully saturated rings. The Morgan fingerprint density at radius 3 is 2.10 bits per heavy atom. The summed E-state index contributed by atoms with van der Waals surface area (Å²) in [6.45, 7) is 1.65. The minimum atomic E-state index is -4.43. The first-order valence-corrected chi connectivity index (χ1v) is 11.5. The van der Waals surface area contributed by atoms with Crippen LogP contribution in [-0.4, -0.2) is 44.4 Å². The van der Waals surface area contributed by atoms with E-state index in [1.54, 1.807) is 61.5 Å². The number of benzene rings is 3. The average molecular weight is 542 g/mol. The summed E-state index contributed by atoms with van der Waals surface area (Å²) >= 11 is 0. The van der Waals surface area contributed by atoms with Gasteiger partial charge in [0.1, 0.15) is 32.2 Å². The Morgan fingerprint density at radius 1 is 0.795 bits per heavy atom. The Hall–Kier alpha value is -4.67. The molecule has 0 saturated heterocycles. The number of carbonyl (C=O) groups is 1. The van der Waals surface area contributed by atoms with Crippen molar-refractivity contribution >= 4 is 23.1 Å². The zero-order chi connectivity index (χ0) is 28.4. The molecule has 0 heterocycles. The van der Waals surface area contributed by atoms with Crippen LogP contribution in [-0.2, 0) is 36.8 Å². The van der Waals surface area contributed by atoms with E-state index in [0.717, 1.165) is 12.1 Å². The molecule has 0 aromatic heterocycles. The topological polar surface area (TPSA) is 91.1 Å². The van der Waals surface area contributed by atoms with Gasteiger partial charge in [-0.2, -0.15) is 13.2 Å². The van der Waals surface area contributed by atoms with E-state index >= 15 is 0 Å². The van der Waals surface area contributed by atoms with Crippen LogP contribution >= 0.6 is 0 Å². The Bertz CT molecular complexity index is 1380. The van der Waals surface area contributed by atoms with E-state index in [1.807, 2.05) is 0 Å². The molecule has 0 aliphatic rings. The summed E-state index contributed by atoms with van der Waals surface area (Å²) < 4.78 is 44.1. The standard InChI is InChI=1S/C28H26F3N3O5/c1-18(32-39-17-22-8-5-6-11-24(22)26(34-38-4)27(35)36-2)25(33-37-3)20-14-12-19(13-15-20)21-9-7-10-23(16-21)28(29,30)31/h5-16H,17H2,1-4H3. The number of alkyl halides is 3. The molecule has 11 heteroatoms. The fraction of sp³-hybridized carbons (Fsp3) is 0.214. The van der Waals surface area contributed by atoms with Gasteiger partial charge in [0.2, 0.25) is 0 Å². The lowest BCUT2D eigenvalue weighted by Gasteiger charge is -2.11. The van der Waals surface area contributed by atoms with Crippen LogP contribution in [0.1, 0.15) is 29.2 Å². The molecule has 3 rings (SSSR count). The van der Waals surface area contributed by atoms with Crippen molar-refractivity contribution in [3.8, 4) is 11.1 Å². The first kappa shape index (κ1) is 28.9. The van der Waals surface area contributed by atoms with Gasteiger partial charge in [-0.15, -0.1) is 0 Å². The molecule has 3 aromatic rings. The zero-order valence-electron chi connectivity index (χ0n) is 21.7. The van der Waals surface area contributed by atoms with E-state index < -0.39 is 17.7 Å². The second kappa shape index (κ2) is 13.2. The highest BCUT2D eigenvalue weighted by Crippen LogP contribution is 2.32. The normalized spacial score (nSPS) is 12.6. The summed E-state index contributed by atoms with van der Waals surface area (Å²) in [5.41, 5.74) is 2.68. The number of halogens is 3. The summed E-state index contributed by atoms with van der Waals surface area (Å²) in [5.74, 6) is -0.674. The van der Waals surface area contributed by atoms with Crippen molar-refractivity contribution in [2.45, 2.75) is 19.7 Å². The van der Waals surface area contributed by atoms with Crippen LogP contribution in [0.4, 0.5) is 13.2 Å². The van der Waals surface area contributed by atoms with E-state index in [2.05, 4.69) is 15.5 Å². The molecule has 0 N–H and O–H groups in total. The molecular formula is C28H26F3N3O5. The van der Waals surface area contributed by atoms with Crippen LogP contribution in [0.2, 0.25) is 0 Å². The van der Waals surface area contributed by atoms with E-state index in [0.29, 0.717) is 39.2 Å². The van der Waals surface area contributed by atoms with E-state index in [-0.39, 0.29) is 12.3 Å². The monoisotopic (exact) mass is 541 g/mol. The second-order valence-electron chi connectivity index (χ2n) is 8.00. The molecule has 0 aliphatic carbocycles. The lowest BCUT2D eigenvalue weighted by atomic mass is 9.99. The van der Waals surface area contributed by atoms with Crippen LogP contribution in [0.15, 0.2) is 88.3 Å². The van der Waals surface area contributed by atoms with Crippen molar-refractivity contribution in [1.82, 2.24) is 0 Å². The number of hydrogen-bond donors (Lipinski definition) is 0. The molecule has 0 spiro atoms. The predicted octanol–water partition coefficient (Wildman–Crippen LogP) is 5.84. The Kier molecular flexibility index (Phi) is 9.80. The first-order chi connectivity index (χ1) is 18.7. The molecule has 0 radical (unpaired) electrons. The highest BCUT2D eigenvalue weighted by Gasteiger charge is 2.30. The van der Waals surface area contributed by atoms with Crippen LogP contribution < -0.4 is 0 Å². The number of hydrogen-bond acceptors (Lipinski definition) is 8. The minimum Gasteiger partial charge on any atom is -0.464 e. The third-order valence-corrected chi connectivity index (χ3v) is 5.46. The maximum absolute atomic E-state index is 13.1. The summed E-state index contributed by atoms with van der Waals surface area (Å²) in [5, 5.41) is 11.9. The minimum absolute atomic E-state index is 0.0119. The van der Waals surface area contributed by atoms with Gasteiger partial charge in [0, 0.05) is 16.7 Å². The number of ether oxygens (including phenoxy) is 1. The summed E-state index contributed by atoms with van der Waals surface area (Å²) in [6.07, 6.45) is -4.43. The molecule has 0 atom stereocenters. The quantitative estimate of drug-likeness (QED) is 0.183. The van der Waals surface area contributed by atoms with Crippen molar-refractivity contribution in [1.29, 1.82) is 0 Å². The van der Waals surface area contributed by atoms with Gasteiger partial charge < -0.3 is 19.2 Å². The smallest absolute Gasteiger partial charge is 0.416 e. The molecule has 0 bridgehead atoms.